The van der Waals surface area contributed by atoms with Crippen LogP contribution in [-0.2, 0) is 4.79 Å². The molecular weight excluding hydrogens is 208 g/mol. The molecule has 0 aromatic rings. The molecule has 0 heterocycles. The van der Waals surface area contributed by atoms with Gasteiger partial charge in [0.25, 0.3) is 0 Å². The molecule has 0 bridgehead atoms. The number of allylic oxidation sites excluding steroid dienone is 3. The molecule has 0 spiro atoms. The molecule has 5 heteroatoms. The number of urea groups is 1. The van der Waals surface area contributed by atoms with E-state index in [2.05, 4.69) is 11.1 Å². The van der Waals surface area contributed by atoms with E-state index in [1.807, 2.05) is 25.2 Å². The number of hydrogen-bond donors (Lipinski definition) is 3. The maximum atomic E-state index is 10.2. The van der Waals surface area contributed by atoms with Gasteiger partial charge >= 0.3 is 12.0 Å². The molecule has 90 valence electrons. The molecule has 1 aliphatic carbocycles. The summed E-state index contributed by atoms with van der Waals surface area (Å²) in [5, 5.41) is 10.7. The number of primary amides is 1. The third-order valence-corrected chi connectivity index (χ3v) is 1.78. The molecule has 4 N–H and O–H groups in total. The Labute approximate surface area is 95.0 Å². The Hall–Kier alpha value is -1.78. The number of nitrogens with two attached hydrogens (primary N) is 1. The van der Waals surface area contributed by atoms with Crippen LogP contribution in [0.25, 0.3) is 0 Å². The Morgan fingerprint density at radius 2 is 2.19 bits per heavy atom. The van der Waals surface area contributed by atoms with Gasteiger partial charge in [0.2, 0.25) is 0 Å². The van der Waals surface area contributed by atoms with Crippen molar-refractivity contribution in [2.45, 2.75) is 26.2 Å². The van der Waals surface area contributed by atoms with Crippen LogP contribution in [0.4, 0.5) is 4.79 Å². The van der Waals surface area contributed by atoms with Crippen LogP contribution in [0.15, 0.2) is 23.8 Å². The molecule has 1 rings (SSSR count). The number of amides is 2. The van der Waals surface area contributed by atoms with Crippen LogP contribution >= 0.6 is 0 Å². The second kappa shape index (κ2) is 8.52. The molecule has 0 aliphatic heterocycles. The van der Waals surface area contributed by atoms with Crippen LogP contribution in [0, 0.1) is 0 Å². The van der Waals surface area contributed by atoms with Crippen molar-refractivity contribution < 1.29 is 14.7 Å². The summed E-state index contributed by atoms with van der Waals surface area (Å²) in [5.74, 6) is -0.752. The van der Waals surface area contributed by atoms with E-state index in [0.29, 0.717) is 6.54 Å². The Balaban J connectivity index is 0.000000325. The predicted molar refractivity (Wildman–Crippen MR) is 62.0 cm³/mol. The number of hydrogen-bond acceptors (Lipinski definition) is 2. The van der Waals surface area contributed by atoms with Crippen LogP contribution in [0.2, 0.25) is 0 Å². The van der Waals surface area contributed by atoms with Gasteiger partial charge in [0, 0.05) is 6.54 Å². The van der Waals surface area contributed by atoms with Crippen molar-refractivity contribution in [1.29, 1.82) is 0 Å². The van der Waals surface area contributed by atoms with Gasteiger partial charge in [-0.1, -0.05) is 18.2 Å². The molecule has 2 amide bonds. The van der Waals surface area contributed by atoms with E-state index >= 15 is 0 Å². The van der Waals surface area contributed by atoms with Crippen molar-refractivity contribution in [3.63, 3.8) is 0 Å². The highest BCUT2D eigenvalue weighted by atomic mass is 16.4. The molecule has 16 heavy (non-hydrogen) atoms. The topological polar surface area (TPSA) is 92.4 Å². The largest absolute Gasteiger partial charge is 0.481 e. The monoisotopic (exact) mass is 226 g/mol. The van der Waals surface area contributed by atoms with Crippen molar-refractivity contribution in [2.24, 2.45) is 5.73 Å². The summed E-state index contributed by atoms with van der Waals surface area (Å²) in [6.45, 7) is 2.42. The lowest BCUT2D eigenvalue weighted by molar-refractivity contribution is -0.136. The lowest BCUT2D eigenvalue weighted by Crippen LogP contribution is -2.28. The van der Waals surface area contributed by atoms with Crippen molar-refractivity contribution >= 4 is 12.0 Å². The van der Waals surface area contributed by atoms with E-state index in [1.165, 1.54) is 0 Å². The smallest absolute Gasteiger partial charge is 0.312 e. The number of nitrogens with one attached hydrogen (secondary N) is 1. The SMILES string of the molecule is CCNC(N)=O.O=C(O)CC1=CCCC=C1. The third-order valence-electron chi connectivity index (χ3n) is 1.78. The van der Waals surface area contributed by atoms with E-state index in [1.54, 1.807) is 0 Å². The summed E-state index contributed by atoms with van der Waals surface area (Å²) in [4.78, 5) is 19.9. The van der Waals surface area contributed by atoms with Crippen LogP contribution in [0.1, 0.15) is 26.2 Å². The number of carboxylic acids is 1. The Kier molecular flexibility index (Phi) is 7.57. The van der Waals surface area contributed by atoms with E-state index in [9.17, 15) is 9.59 Å². The first-order valence-electron chi connectivity index (χ1n) is 5.17. The average molecular weight is 226 g/mol. The molecule has 1 aliphatic rings. The standard InChI is InChI=1S/C8H10O2.C3H8N2O/c9-8(10)6-7-4-2-1-3-5-7;1-2-5-3(4)6/h2,4-5H,1,3,6H2,(H,9,10);2H2,1H3,(H3,4,5,6). The van der Waals surface area contributed by atoms with Crippen LogP contribution < -0.4 is 11.1 Å². The zero-order valence-corrected chi connectivity index (χ0v) is 9.40. The van der Waals surface area contributed by atoms with Crippen LogP contribution in [-0.4, -0.2) is 23.7 Å². The lowest BCUT2D eigenvalue weighted by atomic mass is 10.0. The van der Waals surface area contributed by atoms with Crippen LogP contribution in [0.5, 0.6) is 0 Å². The van der Waals surface area contributed by atoms with Gasteiger partial charge in [0.15, 0.2) is 0 Å². The second-order valence-corrected chi connectivity index (χ2v) is 3.22. The van der Waals surface area contributed by atoms with E-state index in [4.69, 9.17) is 5.11 Å². The number of carboxylic acid groups (broad SMARTS) is 1. The summed E-state index contributed by atoms with van der Waals surface area (Å²) >= 11 is 0. The molecule has 0 aromatic carbocycles. The molecule has 0 saturated carbocycles. The third kappa shape index (κ3) is 8.80. The maximum absolute atomic E-state index is 10.2. The highest BCUT2D eigenvalue weighted by Gasteiger charge is 2.01. The highest BCUT2D eigenvalue weighted by Crippen LogP contribution is 2.12. The van der Waals surface area contributed by atoms with Gasteiger partial charge in [0.1, 0.15) is 0 Å². The van der Waals surface area contributed by atoms with E-state index < -0.39 is 12.0 Å². The first-order chi connectivity index (χ1) is 7.56. The van der Waals surface area contributed by atoms with Gasteiger partial charge in [-0.05, 0) is 25.3 Å². The molecule has 0 fully saturated rings. The Morgan fingerprint density at radius 3 is 2.50 bits per heavy atom. The number of carbonyl (C=O) groups is 2. The molecule has 0 unspecified atom stereocenters. The minimum absolute atomic E-state index is 0.163. The molecule has 5 nitrogen and oxygen atoms in total. The van der Waals surface area contributed by atoms with Crippen molar-refractivity contribution in [3.05, 3.63) is 23.8 Å². The van der Waals surface area contributed by atoms with Crippen molar-refractivity contribution in [1.82, 2.24) is 5.32 Å². The second-order valence-electron chi connectivity index (χ2n) is 3.22. The van der Waals surface area contributed by atoms with Crippen molar-refractivity contribution in [2.75, 3.05) is 6.54 Å². The van der Waals surface area contributed by atoms with Gasteiger partial charge < -0.3 is 16.2 Å². The van der Waals surface area contributed by atoms with Crippen molar-refractivity contribution in [3.8, 4) is 0 Å². The Bertz CT molecular complexity index is 296. The van der Waals surface area contributed by atoms with Crippen LogP contribution in [0.3, 0.4) is 0 Å². The first-order valence-corrected chi connectivity index (χ1v) is 5.17. The zero-order chi connectivity index (χ0) is 12.4. The molecule has 0 radical (unpaired) electrons. The summed E-state index contributed by atoms with van der Waals surface area (Å²) in [6.07, 6.45) is 8.07. The van der Waals surface area contributed by atoms with E-state index in [0.717, 1.165) is 18.4 Å². The minimum Gasteiger partial charge on any atom is -0.481 e. The minimum atomic E-state index is -0.752. The van der Waals surface area contributed by atoms with Gasteiger partial charge in [-0.2, -0.15) is 0 Å². The average Bonchev–Trinajstić information content (AvgIpc) is 2.18. The number of carbonyl (C=O) groups excluding carboxylic acids is 1. The normalized spacial score (nSPS) is 13.2. The van der Waals surface area contributed by atoms with Gasteiger partial charge in [0.05, 0.1) is 6.42 Å². The summed E-state index contributed by atoms with van der Waals surface area (Å²) in [7, 11) is 0. The molecule has 0 aromatic heterocycles. The van der Waals surface area contributed by atoms with Gasteiger partial charge in [-0.3, -0.25) is 4.79 Å². The van der Waals surface area contributed by atoms with Gasteiger partial charge in [-0.15, -0.1) is 0 Å². The Morgan fingerprint density at radius 1 is 1.50 bits per heavy atom. The molecular formula is C11H18N2O3. The fourth-order valence-electron chi connectivity index (χ4n) is 1.15. The number of rotatable bonds is 3. The summed E-state index contributed by atoms with van der Waals surface area (Å²) in [5.41, 5.74) is 5.58. The molecule has 0 saturated heterocycles. The highest BCUT2D eigenvalue weighted by molar-refractivity contribution is 5.71. The fraction of sp³-hybridized carbons (Fsp3) is 0.455. The number of aliphatic carboxylic acids is 1. The lowest BCUT2D eigenvalue weighted by Gasteiger charge is -2.02. The summed E-state index contributed by atoms with van der Waals surface area (Å²) < 4.78 is 0. The molecule has 0 atom stereocenters. The zero-order valence-electron chi connectivity index (χ0n) is 9.40. The summed E-state index contributed by atoms with van der Waals surface area (Å²) in [6, 6.07) is -0.461. The van der Waals surface area contributed by atoms with Gasteiger partial charge in [-0.25, -0.2) is 4.79 Å². The van der Waals surface area contributed by atoms with E-state index in [-0.39, 0.29) is 6.42 Å². The quantitative estimate of drug-likeness (QED) is 0.679. The maximum Gasteiger partial charge on any atom is 0.312 e. The first kappa shape index (κ1) is 14.2. The fourth-order valence-corrected chi connectivity index (χ4v) is 1.15. The predicted octanol–water partition coefficient (Wildman–Crippen LogP) is 1.41.